The predicted molar refractivity (Wildman–Crippen MR) is 51.5 cm³/mol. The Kier molecular flexibility index (Phi) is 7.89. The zero-order chi connectivity index (χ0) is 9.56. The Hall–Kier alpha value is 0.913. The summed E-state index contributed by atoms with van der Waals surface area (Å²) in [5.74, 6) is 2.73. The Morgan fingerprint density at radius 3 is 2.25 bits per heavy atom. The van der Waals surface area contributed by atoms with Gasteiger partial charge >= 0.3 is 27.0 Å². The van der Waals surface area contributed by atoms with Gasteiger partial charge < -0.3 is 6.42 Å². The average Bonchev–Trinajstić information content (AvgIpc) is 2.09. The molecule has 0 N–H and O–H groups in total. The first-order chi connectivity index (χ1) is 5.70. The van der Waals surface area contributed by atoms with Crippen molar-refractivity contribution in [3.8, 4) is 0 Å². The molecule has 0 aliphatic heterocycles. The van der Waals surface area contributed by atoms with Crippen LogP contribution in [0.2, 0.25) is 0 Å². The van der Waals surface area contributed by atoms with Crippen LogP contribution in [0.1, 0.15) is 40.0 Å². The third kappa shape index (κ3) is 4.82. The van der Waals surface area contributed by atoms with Gasteiger partial charge in [0.05, 0.1) is 0 Å². The third-order valence-corrected chi connectivity index (χ3v) is 2.69. The van der Waals surface area contributed by atoms with Crippen LogP contribution in [-0.4, -0.2) is 0 Å². The fourth-order valence-corrected chi connectivity index (χ4v) is 1.73. The van der Waals surface area contributed by atoms with Crippen molar-refractivity contribution in [2.45, 2.75) is 40.0 Å². The first-order valence-electron chi connectivity index (χ1n) is 4.80. The van der Waals surface area contributed by atoms with Crippen molar-refractivity contribution in [3.63, 3.8) is 0 Å². The van der Waals surface area contributed by atoms with Crippen molar-refractivity contribution in [1.29, 1.82) is 0 Å². The summed E-state index contributed by atoms with van der Waals surface area (Å²) in [6.45, 7) is 7.02. The van der Waals surface area contributed by atoms with Crippen LogP contribution in [0.3, 0.4) is 0 Å². The van der Waals surface area contributed by atoms with Crippen LogP contribution < -0.4 is 0 Å². The van der Waals surface area contributed by atoms with Gasteiger partial charge in [-0.2, -0.15) is 12.3 Å². The average molecular weight is 240 g/mol. The molecule has 1 saturated carbocycles. The van der Waals surface area contributed by atoms with E-state index in [9.17, 15) is 0 Å². The number of hydrogen-bond acceptors (Lipinski definition) is 0. The van der Waals surface area contributed by atoms with Crippen molar-refractivity contribution in [3.05, 3.63) is 6.42 Å². The molecule has 68 valence electrons. The molecular formula is C10H19ClZn. The van der Waals surface area contributed by atoms with Crippen LogP contribution in [0.5, 0.6) is 0 Å². The first-order valence-corrected chi connectivity index (χ1v) is 8.70. The van der Waals surface area contributed by atoms with Gasteiger partial charge in [0, 0.05) is 0 Å². The zero-order valence-corrected chi connectivity index (χ0v) is 12.2. The number of rotatable bonds is 1. The summed E-state index contributed by atoms with van der Waals surface area (Å²) in [6.07, 6.45) is 6.75. The molecule has 0 nitrogen and oxygen atoms in total. The topological polar surface area (TPSA) is 0 Å². The van der Waals surface area contributed by atoms with E-state index in [-0.39, 0.29) is 0 Å². The molecule has 2 heteroatoms. The molecule has 0 unspecified atom stereocenters. The molecule has 0 bridgehead atoms. The van der Waals surface area contributed by atoms with Gasteiger partial charge in [-0.15, -0.1) is 0 Å². The molecule has 0 spiro atoms. The molecule has 12 heavy (non-hydrogen) atoms. The zero-order valence-electron chi connectivity index (χ0n) is 8.52. The van der Waals surface area contributed by atoms with E-state index >= 15 is 0 Å². The Balaban J connectivity index is 0.000000561. The van der Waals surface area contributed by atoms with Gasteiger partial charge in [0.1, 0.15) is 0 Å². The van der Waals surface area contributed by atoms with Crippen LogP contribution in [-0.2, 0) is 17.3 Å². The van der Waals surface area contributed by atoms with Gasteiger partial charge in [-0.3, -0.25) is 0 Å². The Morgan fingerprint density at radius 1 is 1.33 bits per heavy atom. The Bertz CT molecular complexity index is 96.0. The number of hydrogen-bond donors (Lipinski definition) is 0. The fraction of sp³-hybridized carbons (Fsp3) is 0.900. The van der Waals surface area contributed by atoms with E-state index in [4.69, 9.17) is 9.69 Å². The summed E-state index contributed by atoms with van der Waals surface area (Å²) in [5.41, 5.74) is 0. The molecule has 0 aromatic heterocycles. The standard InChI is InChI=1S/C10H19.ClH.Zn/c1-8(2)10-6-4-9(3)5-7-10;;/h6,8-10H,4-5,7H2,1-3H3;1H;/q-1;;+2/p-1/t9-,10-;;/m0../s1. The van der Waals surface area contributed by atoms with Crippen molar-refractivity contribution >= 4 is 9.69 Å². The third-order valence-electron chi connectivity index (χ3n) is 2.69. The molecule has 0 aromatic carbocycles. The molecule has 1 aliphatic rings. The van der Waals surface area contributed by atoms with Crippen LogP contribution in [0.25, 0.3) is 0 Å². The van der Waals surface area contributed by atoms with Crippen molar-refractivity contribution in [2.75, 3.05) is 0 Å². The van der Waals surface area contributed by atoms with Gasteiger partial charge in [-0.25, -0.2) is 0 Å². The van der Waals surface area contributed by atoms with Gasteiger partial charge in [0.15, 0.2) is 0 Å². The van der Waals surface area contributed by atoms with Crippen LogP contribution >= 0.6 is 9.69 Å². The molecular weight excluding hydrogens is 221 g/mol. The predicted octanol–water partition coefficient (Wildman–Crippen LogP) is 3.97. The number of halogens is 1. The molecule has 0 heterocycles. The second kappa shape index (κ2) is 7.33. The fourth-order valence-electron chi connectivity index (χ4n) is 1.73. The van der Waals surface area contributed by atoms with E-state index < -0.39 is 0 Å². The van der Waals surface area contributed by atoms with Gasteiger partial charge in [-0.05, 0) is 0 Å². The summed E-state index contributed by atoms with van der Waals surface area (Å²) in [7, 11) is 4.76. The van der Waals surface area contributed by atoms with E-state index in [2.05, 4.69) is 27.2 Å². The van der Waals surface area contributed by atoms with Gasteiger partial charge in [-0.1, -0.05) is 45.4 Å². The second-order valence-electron chi connectivity index (χ2n) is 4.06. The summed E-state index contributed by atoms with van der Waals surface area (Å²) >= 11 is 0.847. The molecule has 0 amide bonds. The summed E-state index contributed by atoms with van der Waals surface area (Å²) in [6, 6.07) is 0. The molecule has 0 saturated heterocycles. The molecule has 2 atom stereocenters. The van der Waals surface area contributed by atoms with Crippen LogP contribution in [0, 0.1) is 24.2 Å². The second-order valence-corrected chi connectivity index (χ2v) is 4.06. The van der Waals surface area contributed by atoms with Crippen molar-refractivity contribution < 1.29 is 17.3 Å². The van der Waals surface area contributed by atoms with E-state index in [0.29, 0.717) is 0 Å². The van der Waals surface area contributed by atoms with Gasteiger partial charge in [0.2, 0.25) is 0 Å². The molecule has 1 rings (SSSR count). The maximum absolute atomic E-state index is 4.76. The van der Waals surface area contributed by atoms with E-state index in [1.807, 2.05) is 0 Å². The minimum atomic E-state index is 0.847. The normalized spacial score (nSPS) is 29.6. The summed E-state index contributed by atoms with van der Waals surface area (Å²) < 4.78 is 0. The summed E-state index contributed by atoms with van der Waals surface area (Å²) in [5, 5.41) is 0. The summed E-state index contributed by atoms with van der Waals surface area (Å²) in [4.78, 5) is 0. The quantitative estimate of drug-likeness (QED) is 0.480. The Morgan fingerprint density at radius 2 is 1.92 bits per heavy atom. The van der Waals surface area contributed by atoms with Crippen molar-refractivity contribution in [2.24, 2.45) is 17.8 Å². The maximum atomic E-state index is 4.76. The van der Waals surface area contributed by atoms with E-state index in [0.717, 1.165) is 35.1 Å². The molecule has 1 aliphatic carbocycles. The van der Waals surface area contributed by atoms with Crippen molar-refractivity contribution in [1.82, 2.24) is 0 Å². The Labute approximate surface area is 91.2 Å². The van der Waals surface area contributed by atoms with E-state index in [1.165, 1.54) is 19.3 Å². The molecule has 1 fully saturated rings. The molecule has 0 radical (unpaired) electrons. The van der Waals surface area contributed by atoms with Crippen LogP contribution in [0.4, 0.5) is 0 Å². The van der Waals surface area contributed by atoms with Gasteiger partial charge in [0.25, 0.3) is 0 Å². The minimum absolute atomic E-state index is 0.847. The SMILES string of the molecule is CC(C)[C@H]1[CH-]C[C@H](C)CC1.[Cl][Zn+]. The molecule has 0 aromatic rings. The first kappa shape index (κ1) is 12.9. The van der Waals surface area contributed by atoms with Crippen LogP contribution in [0.15, 0.2) is 0 Å². The monoisotopic (exact) mass is 238 g/mol. The van der Waals surface area contributed by atoms with E-state index in [1.54, 1.807) is 0 Å².